The number of ether oxygens (including phenoxy) is 1. The van der Waals surface area contributed by atoms with E-state index in [-0.39, 0.29) is 18.5 Å². The molecule has 0 saturated heterocycles. The third-order valence-corrected chi connectivity index (χ3v) is 10.3. The average Bonchev–Trinajstić information content (AvgIpc) is 3.03. The Morgan fingerprint density at radius 3 is 1.83 bits per heavy atom. The Kier molecular flexibility index (Phi) is 13.2. The summed E-state index contributed by atoms with van der Waals surface area (Å²) in [6.07, 6.45) is 19.4. The van der Waals surface area contributed by atoms with Crippen LogP contribution in [0.25, 0.3) is 11.1 Å². The third kappa shape index (κ3) is 10.1. The fourth-order valence-electron chi connectivity index (χ4n) is 7.50. The van der Waals surface area contributed by atoms with E-state index in [1.54, 1.807) is 6.92 Å². The van der Waals surface area contributed by atoms with Gasteiger partial charge in [-0.1, -0.05) is 101 Å². The van der Waals surface area contributed by atoms with Gasteiger partial charge in [-0.15, -0.1) is 0 Å². The van der Waals surface area contributed by atoms with Gasteiger partial charge in [0.1, 0.15) is 0 Å². The van der Waals surface area contributed by atoms with Crippen LogP contribution in [0.15, 0.2) is 60.7 Å². The Morgan fingerprint density at radius 2 is 1.33 bits per heavy atom. The monoisotopic (exact) mass is 572 g/mol. The van der Waals surface area contributed by atoms with Crippen LogP contribution in [-0.4, -0.2) is 24.3 Å². The van der Waals surface area contributed by atoms with Gasteiger partial charge in [-0.05, 0) is 111 Å². The number of carbonyl (C=O) groups is 1. The number of hydrogen-bond donors (Lipinski definition) is 1. The lowest BCUT2D eigenvalue weighted by atomic mass is 9.68. The minimum atomic E-state index is -0.347. The van der Waals surface area contributed by atoms with Crippen LogP contribution in [-0.2, 0) is 22.4 Å². The van der Waals surface area contributed by atoms with Crippen molar-refractivity contribution in [2.24, 2.45) is 29.6 Å². The molecule has 0 aliphatic heterocycles. The number of aryl methyl sites for hydroxylation is 2. The number of unbranched alkanes of at least 4 members (excludes halogenated alkanes) is 2. The van der Waals surface area contributed by atoms with E-state index in [1.165, 1.54) is 112 Å². The van der Waals surface area contributed by atoms with Gasteiger partial charge in [0.05, 0.1) is 6.61 Å². The molecular formula is C39H56O3. The Morgan fingerprint density at radius 1 is 0.810 bits per heavy atom. The van der Waals surface area contributed by atoms with Crippen LogP contribution in [0.5, 0.6) is 0 Å². The van der Waals surface area contributed by atoms with Crippen LogP contribution in [0.4, 0.5) is 0 Å². The van der Waals surface area contributed by atoms with Gasteiger partial charge in [0.15, 0.2) is 0 Å². The van der Waals surface area contributed by atoms with Crippen LogP contribution in [0.1, 0.15) is 108 Å². The molecule has 1 atom stereocenters. The fourth-order valence-corrected chi connectivity index (χ4v) is 7.50. The van der Waals surface area contributed by atoms with E-state index >= 15 is 0 Å². The molecule has 0 radical (unpaired) electrons. The predicted octanol–water partition coefficient (Wildman–Crippen LogP) is 9.75. The number of carbonyl (C=O) groups excluding carboxylic acids is 1. The van der Waals surface area contributed by atoms with Gasteiger partial charge in [-0.3, -0.25) is 0 Å². The number of hydrogen-bond acceptors (Lipinski definition) is 3. The molecule has 0 spiro atoms. The topological polar surface area (TPSA) is 46.5 Å². The Labute approximate surface area is 256 Å². The molecule has 2 saturated carbocycles. The normalized spacial score (nSPS) is 23.3. The molecule has 1 N–H and O–H groups in total. The zero-order valence-corrected chi connectivity index (χ0v) is 26.5. The number of esters is 1. The summed E-state index contributed by atoms with van der Waals surface area (Å²) in [6, 6.07) is 18.5. The van der Waals surface area contributed by atoms with E-state index in [0.29, 0.717) is 18.1 Å². The average molecular weight is 573 g/mol. The van der Waals surface area contributed by atoms with Gasteiger partial charge in [-0.2, -0.15) is 0 Å². The molecule has 0 bridgehead atoms. The van der Waals surface area contributed by atoms with E-state index in [1.807, 2.05) is 0 Å². The zero-order valence-electron chi connectivity index (χ0n) is 26.5. The molecule has 2 fully saturated rings. The Hall–Kier alpha value is -2.39. The first kappa shape index (κ1) is 32.5. The number of aliphatic hydroxyl groups excluding tert-OH is 1. The summed E-state index contributed by atoms with van der Waals surface area (Å²) >= 11 is 0. The number of aliphatic hydroxyl groups is 1. The van der Waals surface area contributed by atoms with Gasteiger partial charge in [0.25, 0.3) is 0 Å². The summed E-state index contributed by atoms with van der Waals surface area (Å²) in [5.41, 5.74) is 6.01. The van der Waals surface area contributed by atoms with Crippen molar-refractivity contribution in [3.63, 3.8) is 0 Å². The molecule has 2 aromatic carbocycles. The standard InChI is InChI=1S/C39H56O3/c1-4-5-6-7-30-10-18-35(19-11-30)36-20-12-31(13-21-36)8-9-32-14-22-37(23-15-32)38-24-16-33(17-25-38)26-34(27-40)28-42-39(41)29(2)3/h10-13,18-21,32-34,37-38,40H,2,4-9,14-17,22-28H2,1,3H3. The highest BCUT2D eigenvalue weighted by molar-refractivity contribution is 5.86. The highest BCUT2D eigenvalue weighted by atomic mass is 16.5. The minimum Gasteiger partial charge on any atom is -0.462 e. The van der Waals surface area contributed by atoms with E-state index in [9.17, 15) is 9.90 Å². The first-order valence-electron chi connectivity index (χ1n) is 17.1. The van der Waals surface area contributed by atoms with Crippen LogP contribution in [0.2, 0.25) is 0 Å². The minimum absolute atomic E-state index is 0.0492. The number of rotatable bonds is 15. The molecule has 3 heteroatoms. The van der Waals surface area contributed by atoms with Crippen molar-refractivity contribution in [3.05, 3.63) is 71.8 Å². The number of benzene rings is 2. The van der Waals surface area contributed by atoms with Crippen molar-refractivity contribution < 1.29 is 14.6 Å². The Balaban J connectivity index is 1.12. The molecule has 0 amide bonds. The molecule has 3 nitrogen and oxygen atoms in total. The second-order valence-corrected chi connectivity index (χ2v) is 13.6. The predicted molar refractivity (Wildman–Crippen MR) is 175 cm³/mol. The van der Waals surface area contributed by atoms with Crippen molar-refractivity contribution >= 4 is 5.97 Å². The van der Waals surface area contributed by atoms with Gasteiger partial charge in [-0.25, -0.2) is 4.79 Å². The van der Waals surface area contributed by atoms with E-state index in [4.69, 9.17) is 4.74 Å². The summed E-state index contributed by atoms with van der Waals surface area (Å²) in [7, 11) is 0. The van der Waals surface area contributed by atoms with Crippen molar-refractivity contribution in [3.8, 4) is 11.1 Å². The SMILES string of the molecule is C=C(C)C(=O)OCC(CO)CC1CCC(C2CCC(CCc3ccc(-c4ccc(CCCCC)cc4)cc3)CC2)CC1. The van der Waals surface area contributed by atoms with Crippen LogP contribution in [0, 0.1) is 29.6 Å². The summed E-state index contributed by atoms with van der Waals surface area (Å²) in [5, 5.41) is 9.79. The second kappa shape index (κ2) is 17.0. The molecule has 4 rings (SSSR count). The largest absolute Gasteiger partial charge is 0.462 e. The van der Waals surface area contributed by atoms with Crippen molar-refractivity contribution in [2.75, 3.05) is 13.2 Å². The fraction of sp³-hybridized carbons (Fsp3) is 0.615. The maximum atomic E-state index is 11.7. The van der Waals surface area contributed by atoms with Crippen LogP contribution >= 0.6 is 0 Å². The summed E-state index contributed by atoms with van der Waals surface area (Å²) in [6.45, 7) is 7.97. The molecule has 230 valence electrons. The van der Waals surface area contributed by atoms with Crippen LogP contribution < -0.4 is 0 Å². The molecule has 0 heterocycles. The van der Waals surface area contributed by atoms with Gasteiger partial charge < -0.3 is 9.84 Å². The van der Waals surface area contributed by atoms with Crippen molar-refractivity contribution in [1.82, 2.24) is 0 Å². The van der Waals surface area contributed by atoms with E-state index in [0.717, 1.165) is 24.2 Å². The smallest absolute Gasteiger partial charge is 0.333 e. The highest BCUT2D eigenvalue weighted by Crippen LogP contribution is 2.43. The van der Waals surface area contributed by atoms with Crippen LogP contribution in [0.3, 0.4) is 0 Å². The Bertz CT molecular complexity index is 1070. The van der Waals surface area contributed by atoms with E-state index < -0.39 is 0 Å². The van der Waals surface area contributed by atoms with Crippen molar-refractivity contribution in [1.29, 1.82) is 0 Å². The van der Waals surface area contributed by atoms with Gasteiger partial charge >= 0.3 is 5.97 Å². The lowest BCUT2D eigenvalue weighted by molar-refractivity contribution is -0.140. The molecule has 1 unspecified atom stereocenters. The van der Waals surface area contributed by atoms with Crippen molar-refractivity contribution in [2.45, 2.75) is 110 Å². The molecule has 2 aliphatic carbocycles. The first-order chi connectivity index (χ1) is 20.4. The maximum absolute atomic E-state index is 11.7. The first-order valence-corrected chi connectivity index (χ1v) is 17.1. The molecular weight excluding hydrogens is 516 g/mol. The zero-order chi connectivity index (χ0) is 29.7. The summed E-state index contributed by atoms with van der Waals surface area (Å²) < 4.78 is 5.31. The van der Waals surface area contributed by atoms with Gasteiger partial charge in [0.2, 0.25) is 0 Å². The molecule has 0 aromatic heterocycles. The molecule has 2 aromatic rings. The van der Waals surface area contributed by atoms with E-state index in [2.05, 4.69) is 62.0 Å². The quantitative estimate of drug-likeness (QED) is 0.131. The maximum Gasteiger partial charge on any atom is 0.333 e. The molecule has 2 aliphatic rings. The summed E-state index contributed by atoms with van der Waals surface area (Å²) in [5.74, 6) is 3.02. The third-order valence-electron chi connectivity index (χ3n) is 10.3. The van der Waals surface area contributed by atoms with Gasteiger partial charge in [0, 0.05) is 18.1 Å². The summed E-state index contributed by atoms with van der Waals surface area (Å²) in [4.78, 5) is 11.7. The lowest BCUT2D eigenvalue weighted by Crippen LogP contribution is -2.28. The second-order valence-electron chi connectivity index (χ2n) is 13.6. The molecule has 42 heavy (non-hydrogen) atoms. The lowest BCUT2D eigenvalue weighted by Gasteiger charge is -2.38. The highest BCUT2D eigenvalue weighted by Gasteiger charge is 2.31.